The van der Waals surface area contributed by atoms with Gasteiger partial charge in [0, 0.05) is 25.6 Å². The van der Waals surface area contributed by atoms with Crippen LogP contribution in [0.25, 0.3) is 10.9 Å². The smallest absolute Gasteiger partial charge is 0.319 e. The number of rotatable bonds is 4. The average molecular weight is 581 g/mol. The molecule has 0 aliphatic carbocycles. The summed E-state index contributed by atoms with van der Waals surface area (Å²) in [5.41, 5.74) is 3.79. The minimum Gasteiger partial charge on any atom is -0.319 e. The van der Waals surface area contributed by atoms with Gasteiger partial charge in [-0.2, -0.15) is 0 Å². The maximum atomic E-state index is 13.1. The first-order chi connectivity index (χ1) is 16.2. The Morgan fingerprint density at radius 3 is 2.18 bits per heavy atom. The molecule has 4 aromatic rings. The molecule has 3 amide bonds. The van der Waals surface area contributed by atoms with Crippen molar-refractivity contribution in [2.24, 2.45) is 0 Å². The zero-order chi connectivity index (χ0) is 24.4. The minimum atomic E-state index is -0.978. The summed E-state index contributed by atoms with van der Waals surface area (Å²) in [6.45, 7) is 0. The lowest BCUT2D eigenvalue weighted by molar-refractivity contribution is -0.133. The molecule has 7 nitrogen and oxygen atoms in total. The van der Waals surface area contributed by atoms with Crippen molar-refractivity contribution in [1.29, 1.82) is 0 Å². The lowest BCUT2D eigenvalue weighted by Crippen LogP contribution is -2.36. The van der Waals surface area contributed by atoms with Crippen LogP contribution in [-0.4, -0.2) is 22.4 Å². The summed E-state index contributed by atoms with van der Waals surface area (Å²) in [5.74, 6) is -2.46. The molecule has 0 saturated carbocycles. The Morgan fingerprint density at radius 2 is 1.47 bits per heavy atom. The number of aromatic nitrogens is 1. The van der Waals surface area contributed by atoms with Crippen molar-refractivity contribution in [3.05, 3.63) is 92.0 Å². The number of halogens is 4. The zero-order valence-corrected chi connectivity index (χ0v) is 20.9. The monoisotopic (exact) mass is 578 g/mol. The molecule has 0 saturated heterocycles. The van der Waals surface area contributed by atoms with E-state index in [9.17, 15) is 14.4 Å². The second kappa shape index (κ2) is 10.1. The molecule has 0 atom stereocenters. The molecule has 0 fully saturated rings. The fourth-order valence-electron chi connectivity index (χ4n) is 3.12. The Bertz CT molecular complexity index is 1440. The molecule has 11 heteroatoms. The summed E-state index contributed by atoms with van der Waals surface area (Å²) in [7, 11) is 0. The standard InChI is InChI=1S/C23H14BrCl3N4O3/c24-13-1-8-19-12(9-13)10-20(21(32)29-18-7-4-15(26)11-17(18)27)31(19)30-23(34)22(33)28-16-5-2-14(25)3-6-16/h1-11H,(H,28,33)(H,29,32)(H,30,34). The molecule has 0 spiro atoms. The SMILES string of the molecule is O=C(Nc1ccc(Cl)cc1)C(=O)Nn1c(C(=O)Nc2ccc(Cl)cc2Cl)cc2cc(Br)ccc21. The Kier molecular flexibility index (Phi) is 7.13. The van der Waals surface area contributed by atoms with Crippen LogP contribution in [-0.2, 0) is 9.59 Å². The normalized spacial score (nSPS) is 10.7. The van der Waals surface area contributed by atoms with Crippen LogP contribution in [0.2, 0.25) is 15.1 Å². The lowest BCUT2D eigenvalue weighted by atomic mass is 10.2. The van der Waals surface area contributed by atoms with Crippen molar-refractivity contribution in [2.45, 2.75) is 0 Å². The van der Waals surface area contributed by atoms with E-state index in [0.717, 1.165) is 4.47 Å². The van der Waals surface area contributed by atoms with E-state index in [2.05, 4.69) is 32.0 Å². The van der Waals surface area contributed by atoms with E-state index in [4.69, 9.17) is 34.8 Å². The summed E-state index contributed by atoms with van der Waals surface area (Å²) < 4.78 is 2.02. The van der Waals surface area contributed by atoms with Crippen LogP contribution < -0.4 is 16.1 Å². The van der Waals surface area contributed by atoms with Gasteiger partial charge in [-0.05, 0) is 66.7 Å². The van der Waals surface area contributed by atoms with E-state index >= 15 is 0 Å². The maximum Gasteiger partial charge on any atom is 0.328 e. The first-order valence-electron chi connectivity index (χ1n) is 9.66. The first kappa shape index (κ1) is 24.1. The molecule has 172 valence electrons. The van der Waals surface area contributed by atoms with Gasteiger partial charge in [0.1, 0.15) is 5.69 Å². The van der Waals surface area contributed by atoms with Crippen LogP contribution in [0.5, 0.6) is 0 Å². The van der Waals surface area contributed by atoms with Gasteiger partial charge in [-0.15, -0.1) is 0 Å². The molecule has 1 heterocycles. The van der Waals surface area contributed by atoms with E-state index in [-0.39, 0.29) is 10.7 Å². The quantitative estimate of drug-likeness (QED) is 0.247. The third-order valence-electron chi connectivity index (χ3n) is 4.70. The highest BCUT2D eigenvalue weighted by molar-refractivity contribution is 9.10. The molecule has 3 N–H and O–H groups in total. The zero-order valence-electron chi connectivity index (χ0n) is 17.0. The highest BCUT2D eigenvalue weighted by Gasteiger charge is 2.21. The number of carbonyl (C=O) groups is 3. The van der Waals surface area contributed by atoms with Crippen LogP contribution >= 0.6 is 50.7 Å². The van der Waals surface area contributed by atoms with E-state index in [1.54, 1.807) is 60.7 Å². The summed E-state index contributed by atoms with van der Waals surface area (Å²) in [4.78, 5) is 38.2. The topological polar surface area (TPSA) is 92.2 Å². The van der Waals surface area contributed by atoms with Crippen LogP contribution in [0.15, 0.2) is 71.2 Å². The summed E-state index contributed by atoms with van der Waals surface area (Å²) >= 11 is 21.3. The van der Waals surface area contributed by atoms with Crippen LogP contribution in [0.4, 0.5) is 11.4 Å². The second-order valence-electron chi connectivity index (χ2n) is 7.05. The molecule has 0 bridgehead atoms. The number of amides is 3. The van der Waals surface area contributed by atoms with E-state index < -0.39 is 17.7 Å². The molecule has 1 aromatic heterocycles. The second-order valence-corrected chi connectivity index (χ2v) is 9.24. The molecule has 3 aromatic carbocycles. The van der Waals surface area contributed by atoms with Gasteiger partial charge in [-0.1, -0.05) is 50.7 Å². The largest absolute Gasteiger partial charge is 0.328 e. The van der Waals surface area contributed by atoms with Gasteiger partial charge in [-0.25, -0.2) is 4.68 Å². The number of fused-ring (bicyclic) bond motifs is 1. The first-order valence-corrected chi connectivity index (χ1v) is 11.6. The van der Waals surface area contributed by atoms with Gasteiger partial charge in [-0.3, -0.25) is 19.8 Å². The third kappa shape index (κ3) is 5.37. The Morgan fingerprint density at radius 1 is 0.765 bits per heavy atom. The molecule has 0 radical (unpaired) electrons. The highest BCUT2D eigenvalue weighted by atomic mass is 79.9. The molecule has 0 aliphatic rings. The van der Waals surface area contributed by atoms with Crippen molar-refractivity contribution in [2.75, 3.05) is 16.1 Å². The fraction of sp³-hybridized carbons (Fsp3) is 0. The van der Waals surface area contributed by atoms with E-state index in [1.807, 2.05) is 0 Å². The average Bonchev–Trinajstić information content (AvgIpc) is 3.14. The number of hydrogen-bond donors (Lipinski definition) is 3. The molecule has 34 heavy (non-hydrogen) atoms. The number of nitrogens with one attached hydrogen (secondary N) is 3. The number of carbonyl (C=O) groups excluding carboxylic acids is 3. The number of anilines is 2. The van der Waals surface area contributed by atoms with Crippen LogP contribution in [0.1, 0.15) is 10.5 Å². The summed E-state index contributed by atoms with van der Waals surface area (Å²) in [6.07, 6.45) is 0. The highest BCUT2D eigenvalue weighted by Crippen LogP contribution is 2.27. The molecule has 0 aliphatic heterocycles. The molecular formula is C23H14BrCl3N4O3. The Balaban J connectivity index is 1.63. The summed E-state index contributed by atoms with van der Waals surface area (Å²) in [5, 5.41) is 6.98. The maximum absolute atomic E-state index is 13.1. The van der Waals surface area contributed by atoms with Crippen LogP contribution in [0.3, 0.4) is 0 Å². The molecule has 0 unspecified atom stereocenters. The van der Waals surface area contributed by atoms with Crippen molar-refractivity contribution in [1.82, 2.24) is 4.68 Å². The molecular weight excluding hydrogens is 567 g/mol. The van der Waals surface area contributed by atoms with Crippen LogP contribution in [0, 0.1) is 0 Å². The lowest BCUT2D eigenvalue weighted by Gasteiger charge is -2.13. The van der Waals surface area contributed by atoms with Crippen molar-refractivity contribution < 1.29 is 14.4 Å². The minimum absolute atomic E-state index is 0.0757. The van der Waals surface area contributed by atoms with Gasteiger partial charge in [0.25, 0.3) is 5.91 Å². The van der Waals surface area contributed by atoms with Crippen molar-refractivity contribution in [3.63, 3.8) is 0 Å². The Labute approximate surface area is 217 Å². The predicted molar refractivity (Wildman–Crippen MR) is 139 cm³/mol. The van der Waals surface area contributed by atoms with Crippen molar-refractivity contribution in [3.8, 4) is 0 Å². The Hall–Kier alpha value is -3.04. The van der Waals surface area contributed by atoms with Gasteiger partial charge < -0.3 is 10.6 Å². The van der Waals surface area contributed by atoms with Gasteiger partial charge in [0.05, 0.1) is 16.2 Å². The number of hydrogen-bond acceptors (Lipinski definition) is 3. The predicted octanol–water partition coefficient (Wildman–Crippen LogP) is 6.33. The van der Waals surface area contributed by atoms with Crippen molar-refractivity contribution >= 4 is 90.7 Å². The fourth-order valence-corrected chi connectivity index (χ4v) is 4.08. The van der Waals surface area contributed by atoms with Gasteiger partial charge >= 0.3 is 11.8 Å². The third-order valence-corrected chi connectivity index (χ3v) is 5.99. The van der Waals surface area contributed by atoms with E-state index in [1.165, 1.54) is 10.7 Å². The van der Waals surface area contributed by atoms with Gasteiger partial charge in [0.2, 0.25) is 0 Å². The summed E-state index contributed by atoms with van der Waals surface area (Å²) in [6, 6.07) is 17.7. The molecule has 4 rings (SSSR count). The van der Waals surface area contributed by atoms with Gasteiger partial charge in [0.15, 0.2) is 0 Å². The van der Waals surface area contributed by atoms with E-state index in [0.29, 0.717) is 32.3 Å². The number of benzene rings is 3. The number of nitrogens with zero attached hydrogens (tertiary/aromatic N) is 1.